The number of rotatable bonds is 6. The molecule has 250 valence electrons. The molecule has 17 heteroatoms. The molecule has 2 heterocycles. The number of carboxylic acid groups (broad SMARTS) is 2. The molecule has 0 bridgehead atoms. The Bertz CT molecular complexity index is 1450. The van der Waals surface area contributed by atoms with Crippen molar-refractivity contribution in [1.29, 1.82) is 0 Å². The van der Waals surface area contributed by atoms with Crippen LogP contribution in [0, 0.1) is 5.82 Å². The van der Waals surface area contributed by atoms with Crippen LogP contribution in [0.15, 0.2) is 66.9 Å². The fourth-order valence-electron chi connectivity index (χ4n) is 4.11. The van der Waals surface area contributed by atoms with Crippen molar-refractivity contribution >= 4 is 29.4 Å². The molecule has 10 nitrogen and oxygen atoms in total. The number of benzene rings is 2. The number of hydrogen-bond acceptors (Lipinski definition) is 7. The molecule has 0 atom stereocenters. The van der Waals surface area contributed by atoms with Crippen LogP contribution in [0.4, 0.5) is 42.2 Å². The second-order valence-corrected chi connectivity index (χ2v) is 9.78. The number of phenols is 1. The molecule has 3 aromatic rings. The average Bonchev–Trinajstić information content (AvgIpc) is 2.97. The second-order valence-electron chi connectivity index (χ2n) is 9.78. The van der Waals surface area contributed by atoms with Gasteiger partial charge in [0.2, 0.25) is 0 Å². The smallest absolute Gasteiger partial charge is 0.490 e. The lowest BCUT2D eigenvalue weighted by Gasteiger charge is -2.37. The normalized spacial score (nSPS) is 13.5. The minimum Gasteiger partial charge on any atom is -0.508 e. The fraction of sp³-hybridized carbons (Fsp3) is 0.310. The van der Waals surface area contributed by atoms with Crippen LogP contribution in [0.2, 0.25) is 0 Å². The average molecular weight is 663 g/mol. The van der Waals surface area contributed by atoms with E-state index in [4.69, 9.17) is 19.8 Å². The molecule has 46 heavy (non-hydrogen) atoms. The van der Waals surface area contributed by atoms with E-state index in [0.29, 0.717) is 17.5 Å². The van der Waals surface area contributed by atoms with Gasteiger partial charge in [-0.25, -0.2) is 19.0 Å². The summed E-state index contributed by atoms with van der Waals surface area (Å²) in [6.45, 7) is 2.52. The van der Waals surface area contributed by atoms with Crippen LogP contribution in [0.5, 0.6) is 5.75 Å². The first kappa shape index (κ1) is 37.3. The lowest BCUT2D eigenvalue weighted by molar-refractivity contribution is -0.193. The number of alkyl halides is 6. The Balaban J connectivity index is 0.000000440. The number of piperidine rings is 1. The predicted molar refractivity (Wildman–Crippen MR) is 151 cm³/mol. The molecule has 4 rings (SSSR count). The molecule has 2 aromatic carbocycles. The maximum Gasteiger partial charge on any atom is 0.490 e. The van der Waals surface area contributed by atoms with Crippen LogP contribution >= 0.6 is 0 Å². The minimum atomic E-state index is -5.08. The number of amides is 1. The maximum atomic E-state index is 13.4. The van der Waals surface area contributed by atoms with Gasteiger partial charge in [0, 0.05) is 49.2 Å². The highest BCUT2D eigenvalue weighted by atomic mass is 19.4. The molecule has 1 fully saturated rings. The van der Waals surface area contributed by atoms with E-state index in [1.54, 1.807) is 30.5 Å². The van der Waals surface area contributed by atoms with Crippen LogP contribution in [-0.4, -0.2) is 81.6 Å². The lowest BCUT2D eigenvalue weighted by atomic mass is 10.0. The zero-order valence-corrected chi connectivity index (χ0v) is 24.0. The number of anilines is 2. The molecule has 1 amide bonds. The van der Waals surface area contributed by atoms with Crippen molar-refractivity contribution in [3.63, 3.8) is 0 Å². The zero-order valence-electron chi connectivity index (χ0n) is 24.0. The van der Waals surface area contributed by atoms with Crippen molar-refractivity contribution in [1.82, 2.24) is 9.88 Å². The van der Waals surface area contributed by atoms with Gasteiger partial charge in [0.1, 0.15) is 17.4 Å². The van der Waals surface area contributed by atoms with Gasteiger partial charge in [0.15, 0.2) is 0 Å². The van der Waals surface area contributed by atoms with Crippen molar-refractivity contribution < 1.29 is 60.4 Å². The molecule has 1 aromatic heterocycles. The summed E-state index contributed by atoms with van der Waals surface area (Å²) >= 11 is 0. The quantitative estimate of drug-likeness (QED) is 0.250. The number of carbonyl (C=O) groups excluding carboxylic acids is 1. The van der Waals surface area contributed by atoms with Crippen LogP contribution in [-0.2, 0) is 16.1 Å². The highest BCUT2D eigenvalue weighted by Crippen LogP contribution is 2.24. The predicted octanol–water partition coefficient (Wildman–Crippen LogP) is 5.55. The second kappa shape index (κ2) is 16.4. The number of aromatic hydroxyl groups is 1. The number of nitrogens with zero attached hydrogens (tertiary/aromatic N) is 3. The molecular weight excluding hydrogens is 633 g/mol. The summed E-state index contributed by atoms with van der Waals surface area (Å²) in [6.07, 6.45) is -6.50. The number of halogens is 7. The molecule has 0 unspecified atom stereocenters. The Labute approximate surface area is 257 Å². The van der Waals surface area contributed by atoms with Gasteiger partial charge in [0.25, 0.3) is 5.91 Å². The van der Waals surface area contributed by atoms with Gasteiger partial charge in [-0.1, -0.05) is 18.2 Å². The van der Waals surface area contributed by atoms with Crippen molar-refractivity contribution in [2.24, 2.45) is 0 Å². The Morgan fingerprint density at radius 1 is 0.913 bits per heavy atom. The van der Waals surface area contributed by atoms with Crippen LogP contribution in [0.3, 0.4) is 0 Å². The first-order valence-electron chi connectivity index (χ1n) is 13.2. The summed E-state index contributed by atoms with van der Waals surface area (Å²) in [5.74, 6) is -5.20. The molecule has 1 aliphatic rings. The Morgan fingerprint density at radius 3 is 2.00 bits per heavy atom. The van der Waals surface area contributed by atoms with Crippen molar-refractivity contribution in [3.05, 3.63) is 83.8 Å². The van der Waals surface area contributed by atoms with Gasteiger partial charge in [0.05, 0.1) is 0 Å². The number of aromatic nitrogens is 1. The number of nitrogens with one attached hydrogen (secondary N) is 1. The molecule has 4 N–H and O–H groups in total. The summed E-state index contributed by atoms with van der Waals surface area (Å²) in [7, 11) is 2.12. The van der Waals surface area contributed by atoms with Gasteiger partial charge in [-0.3, -0.25) is 9.69 Å². The molecule has 0 spiro atoms. The van der Waals surface area contributed by atoms with Gasteiger partial charge < -0.3 is 25.5 Å². The largest absolute Gasteiger partial charge is 0.508 e. The van der Waals surface area contributed by atoms with E-state index in [-0.39, 0.29) is 11.5 Å². The van der Waals surface area contributed by atoms with E-state index in [0.717, 1.165) is 43.9 Å². The van der Waals surface area contributed by atoms with Crippen molar-refractivity contribution in [2.75, 3.05) is 30.4 Å². The Kier molecular flexibility index (Phi) is 13.3. The lowest BCUT2D eigenvalue weighted by Crippen LogP contribution is -2.43. The summed E-state index contributed by atoms with van der Waals surface area (Å²) in [5.41, 5.74) is 2.00. The van der Waals surface area contributed by atoms with Crippen LogP contribution in [0.1, 0.15) is 28.8 Å². The van der Waals surface area contributed by atoms with Gasteiger partial charge in [-0.15, -0.1) is 0 Å². The van der Waals surface area contributed by atoms with E-state index in [1.165, 1.54) is 18.2 Å². The van der Waals surface area contributed by atoms with Gasteiger partial charge in [-0.05, 0) is 61.9 Å². The van der Waals surface area contributed by atoms with E-state index in [2.05, 4.69) is 27.1 Å². The third-order valence-corrected chi connectivity index (χ3v) is 6.33. The van der Waals surface area contributed by atoms with Crippen LogP contribution in [0.25, 0.3) is 0 Å². The molecule has 1 aliphatic heterocycles. The number of pyridine rings is 1. The highest BCUT2D eigenvalue weighted by molar-refractivity contribution is 6.04. The zero-order chi connectivity index (χ0) is 34.7. The Morgan fingerprint density at radius 2 is 1.48 bits per heavy atom. The first-order valence-corrected chi connectivity index (χ1v) is 13.2. The van der Waals surface area contributed by atoms with Crippen molar-refractivity contribution in [3.8, 4) is 5.75 Å². The molecule has 1 saturated heterocycles. The third-order valence-electron chi connectivity index (χ3n) is 6.33. The fourth-order valence-corrected chi connectivity index (χ4v) is 4.11. The molecule has 0 radical (unpaired) electrons. The molecule has 0 aliphatic carbocycles. The third kappa shape index (κ3) is 12.6. The van der Waals surface area contributed by atoms with Gasteiger partial charge >= 0.3 is 24.3 Å². The van der Waals surface area contributed by atoms with Crippen molar-refractivity contribution in [2.45, 2.75) is 37.8 Å². The van der Waals surface area contributed by atoms with E-state index < -0.39 is 30.1 Å². The maximum absolute atomic E-state index is 13.4. The summed E-state index contributed by atoms with van der Waals surface area (Å²) in [5, 5.41) is 26.7. The summed E-state index contributed by atoms with van der Waals surface area (Å²) in [4.78, 5) is 39.2. The number of carboxylic acids is 2. The molecule has 0 saturated carbocycles. The minimum absolute atomic E-state index is 0.277. The first-order chi connectivity index (χ1) is 21.4. The Hall–Kier alpha value is -4.93. The number of phenolic OH excluding ortho intramolecular Hbond substituents is 1. The topological polar surface area (TPSA) is 143 Å². The number of hydrogen-bond donors (Lipinski definition) is 4. The summed E-state index contributed by atoms with van der Waals surface area (Å²) < 4.78 is 76.9. The number of aliphatic carboxylic acids is 2. The van der Waals surface area contributed by atoms with E-state index in [9.17, 15) is 40.6 Å². The highest BCUT2D eigenvalue weighted by Gasteiger charge is 2.38. The van der Waals surface area contributed by atoms with E-state index in [1.807, 2.05) is 18.2 Å². The number of carbonyl (C=O) groups is 3. The standard InChI is InChI=1S/C25H27FN4O2.2C2HF3O2/c1-29(17-18-4-2-7-23(31)14-18)22-9-12-30(13-10-22)24-16-21(8-11-27-24)28-25(32)19-5-3-6-20(26)15-19;2*3-2(4,5)1(6)7/h2-8,11,14-16,22,31H,9-10,12-13,17H2,1H3,(H,27,28,32);2*(H,6,7). The molecular formula is C29H29F7N4O6. The monoisotopic (exact) mass is 662 g/mol. The summed E-state index contributed by atoms with van der Waals surface area (Å²) in [6, 6.07) is 17.0. The van der Waals surface area contributed by atoms with Crippen LogP contribution < -0.4 is 10.2 Å². The SMILES string of the molecule is CN(Cc1cccc(O)c1)C1CCN(c2cc(NC(=O)c3cccc(F)c3)ccn2)CC1.O=C(O)C(F)(F)F.O=C(O)C(F)(F)F. The van der Waals surface area contributed by atoms with Gasteiger partial charge in [-0.2, -0.15) is 26.3 Å². The van der Waals surface area contributed by atoms with E-state index >= 15 is 0 Å².